The fourth-order valence-electron chi connectivity index (χ4n) is 1.84. The van der Waals surface area contributed by atoms with Crippen molar-refractivity contribution in [2.24, 2.45) is 0 Å². The maximum atomic E-state index is 5.78. The van der Waals surface area contributed by atoms with Crippen molar-refractivity contribution < 1.29 is 4.74 Å². The minimum Gasteiger partial charge on any atom is -0.481 e. The average molecular weight is 303 g/mol. The van der Waals surface area contributed by atoms with E-state index in [-0.39, 0.29) is 0 Å². The number of rotatable bonds is 4. The van der Waals surface area contributed by atoms with Gasteiger partial charge in [-0.05, 0) is 24.3 Å². The van der Waals surface area contributed by atoms with Crippen molar-refractivity contribution in [3.63, 3.8) is 0 Å². The molecule has 20 heavy (non-hydrogen) atoms. The number of thiazole rings is 1. The number of pyridine rings is 1. The van der Waals surface area contributed by atoms with Crippen LogP contribution in [0.4, 0.5) is 5.69 Å². The first kappa shape index (κ1) is 13.2. The van der Waals surface area contributed by atoms with E-state index in [4.69, 9.17) is 10.5 Å². The number of nitrogen functional groups attached to an aromatic ring is 1. The van der Waals surface area contributed by atoms with Crippen LogP contribution in [-0.4, -0.2) is 17.1 Å². The molecule has 0 aliphatic rings. The zero-order valence-electron chi connectivity index (χ0n) is 10.9. The van der Waals surface area contributed by atoms with Gasteiger partial charge in [-0.25, -0.2) is 9.97 Å². The first-order valence-corrected chi connectivity index (χ1v) is 7.83. The number of thioether (sulfide) groups is 1. The summed E-state index contributed by atoms with van der Waals surface area (Å²) in [6.07, 6.45) is 1.73. The lowest BCUT2D eigenvalue weighted by molar-refractivity contribution is 0.394. The minimum absolute atomic E-state index is 0.672. The van der Waals surface area contributed by atoms with E-state index in [1.54, 1.807) is 36.4 Å². The maximum absolute atomic E-state index is 5.78. The Kier molecular flexibility index (Phi) is 3.75. The highest BCUT2D eigenvalue weighted by Gasteiger charge is 2.08. The van der Waals surface area contributed by atoms with Crippen LogP contribution in [0.3, 0.4) is 0 Å². The smallest absolute Gasteiger partial charge is 0.217 e. The van der Waals surface area contributed by atoms with Gasteiger partial charge >= 0.3 is 0 Å². The third kappa shape index (κ3) is 2.71. The summed E-state index contributed by atoms with van der Waals surface area (Å²) in [4.78, 5) is 8.78. The van der Waals surface area contributed by atoms with Gasteiger partial charge in [0.2, 0.25) is 5.88 Å². The van der Waals surface area contributed by atoms with Gasteiger partial charge in [0.05, 0.1) is 17.3 Å². The largest absolute Gasteiger partial charge is 0.481 e. The first-order chi connectivity index (χ1) is 9.76. The van der Waals surface area contributed by atoms with Crippen molar-refractivity contribution >= 4 is 39.0 Å². The number of nitrogens with two attached hydrogens (primary N) is 1. The number of methoxy groups -OCH3 is 1. The van der Waals surface area contributed by atoms with Crippen LogP contribution >= 0.6 is 23.1 Å². The van der Waals surface area contributed by atoms with Crippen LogP contribution in [0.15, 0.2) is 40.9 Å². The topological polar surface area (TPSA) is 61.0 Å². The second-order valence-electron chi connectivity index (χ2n) is 4.17. The van der Waals surface area contributed by atoms with Crippen LogP contribution in [0, 0.1) is 0 Å². The fourth-order valence-corrected chi connectivity index (χ4v) is 3.93. The molecule has 0 amide bonds. The van der Waals surface area contributed by atoms with Crippen molar-refractivity contribution in [1.82, 2.24) is 9.97 Å². The summed E-state index contributed by atoms with van der Waals surface area (Å²) in [7, 11) is 1.64. The third-order valence-corrected chi connectivity index (χ3v) is 5.00. The van der Waals surface area contributed by atoms with Crippen LogP contribution in [0.1, 0.15) is 5.56 Å². The molecule has 4 nitrogen and oxygen atoms in total. The van der Waals surface area contributed by atoms with E-state index in [0.717, 1.165) is 31.6 Å². The van der Waals surface area contributed by atoms with Crippen LogP contribution in [0.2, 0.25) is 0 Å². The van der Waals surface area contributed by atoms with E-state index in [1.165, 1.54) is 0 Å². The summed E-state index contributed by atoms with van der Waals surface area (Å²) in [6.45, 7) is 0. The number of ether oxygens (including phenoxy) is 1. The molecule has 0 aliphatic carbocycles. The molecule has 0 spiro atoms. The Bertz CT molecular complexity index is 742. The van der Waals surface area contributed by atoms with Crippen LogP contribution in [-0.2, 0) is 5.75 Å². The highest BCUT2D eigenvalue weighted by molar-refractivity contribution is 8.00. The van der Waals surface area contributed by atoms with E-state index < -0.39 is 0 Å². The second kappa shape index (κ2) is 5.68. The summed E-state index contributed by atoms with van der Waals surface area (Å²) in [6, 6.07) is 9.72. The van der Waals surface area contributed by atoms with Gasteiger partial charge in [0.1, 0.15) is 0 Å². The van der Waals surface area contributed by atoms with Gasteiger partial charge in [-0.1, -0.05) is 17.8 Å². The number of anilines is 1. The molecule has 6 heteroatoms. The highest BCUT2D eigenvalue weighted by atomic mass is 32.2. The van der Waals surface area contributed by atoms with Gasteiger partial charge in [0.25, 0.3) is 0 Å². The Morgan fingerprint density at radius 2 is 2.25 bits per heavy atom. The minimum atomic E-state index is 0.672. The molecule has 2 heterocycles. The number of hydrogen-bond donors (Lipinski definition) is 1. The third-order valence-electron chi connectivity index (χ3n) is 2.79. The molecule has 3 rings (SSSR count). The molecule has 0 fully saturated rings. The molecule has 0 radical (unpaired) electrons. The van der Waals surface area contributed by atoms with Gasteiger partial charge in [-0.15, -0.1) is 11.3 Å². The Morgan fingerprint density at radius 1 is 1.35 bits per heavy atom. The van der Waals surface area contributed by atoms with E-state index in [9.17, 15) is 0 Å². The molecule has 0 aliphatic heterocycles. The van der Waals surface area contributed by atoms with Crippen molar-refractivity contribution in [2.45, 2.75) is 10.1 Å². The molecule has 102 valence electrons. The Morgan fingerprint density at radius 3 is 3.10 bits per heavy atom. The normalized spacial score (nSPS) is 10.8. The molecule has 2 aromatic heterocycles. The number of nitrogens with zero attached hydrogens (tertiary/aromatic N) is 2. The summed E-state index contributed by atoms with van der Waals surface area (Å²) < 4.78 is 7.39. The number of hydrogen-bond acceptors (Lipinski definition) is 6. The summed E-state index contributed by atoms with van der Waals surface area (Å²) in [5.74, 6) is 1.46. The molecular formula is C14H13N3OS2. The van der Waals surface area contributed by atoms with Gasteiger partial charge in [0, 0.05) is 23.2 Å². The monoisotopic (exact) mass is 303 g/mol. The van der Waals surface area contributed by atoms with Crippen molar-refractivity contribution in [3.05, 3.63) is 42.1 Å². The lowest BCUT2D eigenvalue weighted by atomic mass is 10.3. The molecule has 3 aromatic rings. The number of fused-ring (bicyclic) bond motifs is 1. The molecule has 0 saturated heterocycles. The standard InChI is InChI=1S/C14H13N3OS2/c1-18-13-9(3-2-6-16-13)8-19-14-17-11-5-4-10(15)7-12(11)20-14/h2-7H,8,15H2,1H3. The zero-order chi connectivity index (χ0) is 13.9. The molecule has 0 bridgehead atoms. The predicted octanol–water partition coefficient (Wildman–Crippen LogP) is 3.57. The number of benzene rings is 1. The van der Waals surface area contributed by atoms with Gasteiger partial charge in [-0.2, -0.15) is 0 Å². The van der Waals surface area contributed by atoms with Crippen molar-refractivity contribution in [1.29, 1.82) is 0 Å². The van der Waals surface area contributed by atoms with E-state index in [0.29, 0.717) is 5.88 Å². The van der Waals surface area contributed by atoms with Crippen LogP contribution < -0.4 is 10.5 Å². The molecule has 0 atom stereocenters. The quantitative estimate of drug-likeness (QED) is 0.589. The Hall–Kier alpha value is -1.79. The summed E-state index contributed by atoms with van der Waals surface area (Å²) in [5.41, 5.74) is 8.61. The van der Waals surface area contributed by atoms with Gasteiger partial charge in [-0.3, -0.25) is 0 Å². The number of aromatic nitrogens is 2. The van der Waals surface area contributed by atoms with E-state index in [2.05, 4.69) is 9.97 Å². The average Bonchev–Trinajstić information content (AvgIpc) is 2.87. The Balaban J connectivity index is 1.79. The van der Waals surface area contributed by atoms with E-state index in [1.807, 2.05) is 30.3 Å². The lowest BCUT2D eigenvalue weighted by Crippen LogP contribution is -1.92. The van der Waals surface area contributed by atoms with Crippen molar-refractivity contribution in [3.8, 4) is 5.88 Å². The maximum Gasteiger partial charge on any atom is 0.217 e. The fraction of sp³-hybridized carbons (Fsp3) is 0.143. The Labute approximate surface area is 125 Å². The SMILES string of the molecule is COc1ncccc1CSc1nc2ccc(N)cc2s1. The molecule has 2 N–H and O–H groups in total. The second-order valence-corrected chi connectivity index (χ2v) is 6.42. The van der Waals surface area contributed by atoms with Crippen LogP contribution in [0.25, 0.3) is 10.2 Å². The zero-order valence-corrected chi connectivity index (χ0v) is 12.5. The first-order valence-electron chi connectivity index (χ1n) is 6.03. The van der Waals surface area contributed by atoms with Crippen molar-refractivity contribution in [2.75, 3.05) is 12.8 Å². The van der Waals surface area contributed by atoms with Crippen LogP contribution in [0.5, 0.6) is 5.88 Å². The summed E-state index contributed by atoms with van der Waals surface area (Å²) in [5, 5.41) is 0. The molecule has 0 unspecified atom stereocenters. The van der Waals surface area contributed by atoms with E-state index >= 15 is 0 Å². The lowest BCUT2D eigenvalue weighted by Gasteiger charge is -2.04. The van der Waals surface area contributed by atoms with Gasteiger partial charge < -0.3 is 10.5 Å². The molecule has 0 saturated carbocycles. The van der Waals surface area contributed by atoms with Gasteiger partial charge in [0.15, 0.2) is 4.34 Å². The predicted molar refractivity (Wildman–Crippen MR) is 84.4 cm³/mol. The highest BCUT2D eigenvalue weighted by Crippen LogP contribution is 2.33. The molecular weight excluding hydrogens is 290 g/mol. The summed E-state index contributed by atoms with van der Waals surface area (Å²) >= 11 is 3.34. The molecule has 1 aromatic carbocycles.